The number of rotatable bonds is 5. The Morgan fingerprint density at radius 1 is 1.25 bits per heavy atom. The van der Waals surface area contributed by atoms with Crippen LogP contribution in [0.25, 0.3) is 0 Å². The second-order valence-electron chi connectivity index (χ2n) is 4.24. The van der Waals surface area contributed by atoms with Gasteiger partial charge in [-0.05, 0) is 42.8 Å². The average molecular weight is 287 g/mol. The van der Waals surface area contributed by atoms with E-state index in [2.05, 4.69) is 11.4 Å². The van der Waals surface area contributed by atoms with Crippen LogP contribution in [0.4, 0.5) is 5.69 Å². The molecular weight excluding hydrogens is 272 g/mol. The van der Waals surface area contributed by atoms with Crippen molar-refractivity contribution in [3.05, 3.63) is 58.6 Å². The van der Waals surface area contributed by atoms with Crippen molar-refractivity contribution in [2.75, 3.05) is 11.9 Å². The normalized spacial score (nSPS) is 9.85. The molecule has 20 heavy (non-hydrogen) atoms. The van der Waals surface area contributed by atoms with Gasteiger partial charge >= 0.3 is 0 Å². The zero-order chi connectivity index (χ0) is 14.4. The fourth-order valence-corrected chi connectivity index (χ4v) is 2.07. The van der Waals surface area contributed by atoms with E-state index in [1.807, 2.05) is 43.3 Å². The topological polar surface area (TPSA) is 45.0 Å². The minimum Gasteiger partial charge on any atom is -0.492 e. The van der Waals surface area contributed by atoms with E-state index >= 15 is 0 Å². The Morgan fingerprint density at radius 3 is 2.80 bits per heavy atom. The minimum absolute atomic E-state index is 0.586. The predicted molar refractivity (Wildman–Crippen MR) is 81.1 cm³/mol. The maximum absolute atomic E-state index is 8.86. The van der Waals surface area contributed by atoms with E-state index in [-0.39, 0.29) is 0 Å². The first-order valence-electron chi connectivity index (χ1n) is 6.38. The Hall–Kier alpha value is -2.18. The van der Waals surface area contributed by atoms with Gasteiger partial charge in [-0.2, -0.15) is 5.26 Å². The molecule has 102 valence electrons. The van der Waals surface area contributed by atoms with Gasteiger partial charge < -0.3 is 10.1 Å². The lowest BCUT2D eigenvalue weighted by Gasteiger charge is -2.10. The Bertz CT molecular complexity index is 635. The fraction of sp³-hybridized carbons (Fsp3) is 0.188. The summed E-state index contributed by atoms with van der Waals surface area (Å²) in [5.74, 6) is 0.686. The fourth-order valence-electron chi connectivity index (χ4n) is 1.84. The first-order valence-corrected chi connectivity index (χ1v) is 6.76. The minimum atomic E-state index is 0.586. The van der Waals surface area contributed by atoms with Crippen LogP contribution in [0.5, 0.6) is 5.75 Å². The highest BCUT2D eigenvalue weighted by molar-refractivity contribution is 6.32. The highest BCUT2D eigenvalue weighted by Gasteiger charge is 2.02. The van der Waals surface area contributed by atoms with E-state index in [4.69, 9.17) is 21.6 Å². The van der Waals surface area contributed by atoms with Crippen molar-refractivity contribution in [2.45, 2.75) is 13.5 Å². The number of hydrogen-bond donors (Lipinski definition) is 1. The van der Waals surface area contributed by atoms with Crippen molar-refractivity contribution in [2.24, 2.45) is 0 Å². The lowest BCUT2D eigenvalue weighted by atomic mass is 10.1. The number of anilines is 1. The van der Waals surface area contributed by atoms with E-state index in [1.54, 1.807) is 6.07 Å². The van der Waals surface area contributed by atoms with Gasteiger partial charge in [-0.3, -0.25) is 0 Å². The van der Waals surface area contributed by atoms with Crippen molar-refractivity contribution in [1.82, 2.24) is 0 Å². The summed E-state index contributed by atoms with van der Waals surface area (Å²) < 4.78 is 5.39. The molecule has 0 heterocycles. The quantitative estimate of drug-likeness (QED) is 0.895. The molecule has 0 aliphatic rings. The molecule has 0 aromatic heterocycles. The predicted octanol–water partition coefficient (Wildman–Crippen LogP) is 4.22. The standard InChI is InChI=1S/C16H15ClN2O/c1-2-20-16-7-6-14(9-15(16)17)19-11-13-5-3-4-12(8-13)10-18/h3-9,19H,2,11H2,1H3. The third-order valence-corrected chi connectivity index (χ3v) is 3.08. The van der Waals surface area contributed by atoms with Gasteiger partial charge in [0.2, 0.25) is 0 Å². The van der Waals surface area contributed by atoms with Crippen LogP contribution in [0.3, 0.4) is 0 Å². The van der Waals surface area contributed by atoms with Gasteiger partial charge in [-0.1, -0.05) is 23.7 Å². The largest absolute Gasteiger partial charge is 0.492 e. The van der Waals surface area contributed by atoms with Crippen molar-refractivity contribution < 1.29 is 4.74 Å². The summed E-state index contributed by atoms with van der Waals surface area (Å²) in [7, 11) is 0. The van der Waals surface area contributed by atoms with Crippen LogP contribution < -0.4 is 10.1 Å². The van der Waals surface area contributed by atoms with Crippen molar-refractivity contribution >= 4 is 17.3 Å². The molecule has 2 aromatic carbocycles. The van der Waals surface area contributed by atoms with E-state index in [1.165, 1.54) is 0 Å². The third kappa shape index (κ3) is 3.66. The molecule has 2 rings (SSSR count). The highest BCUT2D eigenvalue weighted by Crippen LogP contribution is 2.27. The van der Waals surface area contributed by atoms with E-state index < -0.39 is 0 Å². The third-order valence-electron chi connectivity index (χ3n) is 2.78. The monoisotopic (exact) mass is 286 g/mol. The smallest absolute Gasteiger partial charge is 0.138 e. The SMILES string of the molecule is CCOc1ccc(NCc2cccc(C#N)c2)cc1Cl. The molecule has 4 heteroatoms. The van der Waals surface area contributed by atoms with E-state index in [9.17, 15) is 0 Å². The Morgan fingerprint density at radius 2 is 2.10 bits per heavy atom. The van der Waals surface area contributed by atoms with Crippen LogP contribution in [0.1, 0.15) is 18.1 Å². The summed E-state index contributed by atoms with van der Waals surface area (Å²) in [5.41, 5.74) is 2.63. The molecule has 0 spiro atoms. The molecule has 3 nitrogen and oxygen atoms in total. The van der Waals surface area contributed by atoms with Gasteiger partial charge in [-0.15, -0.1) is 0 Å². The molecule has 0 radical (unpaired) electrons. The Labute approximate surface area is 123 Å². The maximum atomic E-state index is 8.86. The van der Waals surface area contributed by atoms with Gasteiger partial charge in [0, 0.05) is 12.2 Å². The molecule has 0 bridgehead atoms. The molecule has 0 fully saturated rings. The molecule has 0 unspecified atom stereocenters. The van der Waals surface area contributed by atoms with E-state index in [0.29, 0.717) is 29.5 Å². The van der Waals surface area contributed by atoms with Crippen LogP contribution in [-0.2, 0) is 6.54 Å². The maximum Gasteiger partial charge on any atom is 0.138 e. The summed E-state index contributed by atoms with van der Waals surface area (Å²) in [4.78, 5) is 0. The molecular formula is C16H15ClN2O. The van der Waals surface area contributed by atoms with Gasteiger partial charge in [0.05, 0.1) is 23.3 Å². The number of nitrogens with one attached hydrogen (secondary N) is 1. The highest BCUT2D eigenvalue weighted by atomic mass is 35.5. The molecule has 0 atom stereocenters. The Balaban J connectivity index is 2.03. The lowest BCUT2D eigenvalue weighted by molar-refractivity contribution is 0.340. The molecule has 0 aliphatic heterocycles. The van der Waals surface area contributed by atoms with Crippen LogP contribution in [0.15, 0.2) is 42.5 Å². The Kier molecular flexibility index (Phi) is 4.86. The number of nitriles is 1. The molecule has 0 saturated carbocycles. The number of halogens is 1. The molecule has 0 amide bonds. The first kappa shape index (κ1) is 14.2. The summed E-state index contributed by atoms with van der Waals surface area (Å²) in [6.07, 6.45) is 0. The summed E-state index contributed by atoms with van der Waals surface area (Å²) in [6, 6.07) is 15.2. The van der Waals surface area contributed by atoms with Crippen molar-refractivity contribution in [3.63, 3.8) is 0 Å². The number of ether oxygens (including phenoxy) is 1. The first-order chi connectivity index (χ1) is 9.72. The van der Waals surface area contributed by atoms with E-state index in [0.717, 1.165) is 11.3 Å². The van der Waals surface area contributed by atoms with Crippen molar-refractivity contribution in [3.8, 4) is 11.8 Å². The number of hydrogen-bond acceptors (Lipinski definition) is 3. The molecule has 1 N–H and O–H groups in total. The second kappa shape index (κ2) is 6.83. The average Bonchev–Trinajstić information content (AvgIpc) is 2.48. The lowest BCUT2D eigenvalue weighted by Crippen LogP contribution is -2.00. The number of nitrogens with zero attached hydrogens (tertiary/aromatic N) is 1. The summed E-state index contributed by atoms with van der Waals surface area (Å²) >= 11 is 6.13. The molecule has 0 saturated heterocycles. The van der Waals surface area contributed by atoms with Gasteiger partial charge in [0.15, 0.2) is 0 Å². The van der Waals surface area contributed by atoms with Crippen LogP contribution >= 0.6 is 11.6 Å². The van der Waals surface area contributed by atoms with Crippen molar-refractivity contribution in [1.29, 1.82) is 5.26 Å². The second-order valence-corrected chi connectivity index (χ2v) is 4.65. The summed E-state index contributed by atoms with van der Waals surface area (Å²) in [5, 5.41) is 12.7. The number of benzene rings is 2. The van der Waals surface area contributed by atoms with Gasteiger partial charge in [-0.25, -0.2) is 0 Å². The molecule has 0 aliphatic carbocycles. The van der Waals surface area contributed by atoms with Gasteiger partial charge in [0.25, 0.3) is 0 Å². The van der Waals surface area contributed by atoms with Gasteiger partial charge in [0.1, 0.15) is 5.75 Å². The zero-order valence-electron chi connectivity index (χ0n) is 11.2. The zero-order valence-corrected chi connectivity index (χ0v) is 11.9. The van der Waals surface area contributed by atoms with Crippen LogP contribution in [0.2, 0.25) is 5.02 Å². The summed E-state index contributed by atoms with van der Waals surface area (Å²) in [6.45, 7) is 3.15. The van der Waals surface area contributed by atoms with Crippen LogP contribution in [0, 0.1) is 11.3 Å². The van der Waals surface area contributed by atoms with Crippen LogP contribution in [-0.4, -0.2) is 6.61 Å². The molecule has 2 aromatic rings.